The van der Waals surface area contributed by atoms with Gasteiger partial charge in [-0.25, -0.2) is 9.97 Å². The highest BCUT2D eigenvalue weighted by Gasteiger charge is 2.40. The van der Waals surface area contributed by atoms with Gasteiger partial charge in [0.25, 0.3) is 0 Å². The zero-order chi connectivity index (χ0) is 33.1. The van der Waals surface area contributed by atoms with Crippen LogP contribution in [0.5, 0.6) is 0 Å². The van der Waals surface area contributed by atoms with Crippen molar-refractivity contribution in [3.8, 4) is 50.7 Å². The van der Waals surface area contributed by atoms with E-state index in [2.05, 4.69) is 172 Å². The van der Waals surface area contributed by atoms with E-state index in [4.69, 9.17) is 9.97 Å². The standard InChI is InChI=1S/C46H35N3/c1-45(2)34-22-11-8-19-31(34)39-36(45)25-26-38-40(39)33-21-10-13-24-37(33)49(38)30-18-14-17-29(27-30)44-47-42(28-15-6-5-7-16-28)41-43(48-44)32-20-9-12-23-35(32)46(41,3)4/h5-27H,1-4H3. The van der Waals surface area contributed by atoms with Crippen LogP contribution in [0, 0.1) is 0 Å². The number of para-hydroxylation sites is 1. The summed E-state index contributed by atoms with van der Waals surface area (Å²) in [4.78, 5) is 10.7. The van der Waals surface area contributed by atoms with Gasteiger partial charge < -0.3 is 4.57 Å². The molecule has 0 fully saturated rings. The van der Waals surface area contributed by atoms with Crippen molar-refractivity contribution in [3.63, 3.8) is 0 Å². The molecule has 0 radical (unpaired) electrons. The van der Waals surface area contributed by atoms with E-state index in [1.807, 2.05) is 0 Å². The summed E-state index contributed by atoms with van der Waals surface area (Å²) in [5.74, 6) is 0.740. The Balaban J connectivity index is 1.22. The molecule has 0 spiro atoms. The summed E-state index contributed by atoms with van der Waals surface area (Å²) in [5.41, 5.74) is 16.5. The third-order valence-corrected chi connectivity index (χ3v) is 11.2. The van der Waals surface area contributed by atoms with Crippen LogP contribution in [0.25, 0.3) is 72.5 Å². The molecule has 49 heavy (non-hydrogen) atoms. The second-order valence-electron chi connectivity index (χ2n) is 14.6. The van der Waals surface area contributed by atoms with Crippen molar-refractivity contribution < 1.29 is 0 Å². The van der Waals surface area contributed by atoms with Gasteiger partial charge in [-0.1, -0.05) is 143 Å². The van der Waals surface area contributed by atoms with Crippen LogP contribution in [0.4, 0.5) is 0 Å². The summed E-state index contributed by atoms with van der Waals surface area (Å²) in [6, 6.07) is 50.5. The van der Waals surface area contributed by atoms with Crippen molar-refractivity contribution in [3.05, 3.63) is 162 Å². The van der Waals surface area contributed by atoms with E-state index in [0.717, 1.165) is 34.0 Å². The SMILES string of the molecule is CC1(C)c2ccccc2-c2c1ccc1c2c2ccccc2n1-c1cccc(-c2nc(-c3ccccc3)c3c(n2)-c2ccccc2C3(C)C)c1. The fourth-order valence-corrected chi connectivity index (χ4v) is 8.87. The molecular formula is C46H35N3. The van der Waals surface area contributed by atoms with Crippen LogP contribution in [-0.2, 0) is 10.8 Å². The van der Waals surface area contributed by atoms with Gasteiger partial charge >= 0.3 is 0 Å². The summed E-state index contributed by atoms with van der Waals surface area (Å²) < 4.78 is 2.42. The van der Waals surface area contributed by atoms with Crippen molar-refractivity contribution in [2.45, 2.75) is 38.5 Å². The number of aromatic nitrogens is 3. The normalized spacial score (nSPS) is 14.9. The van der Waals surface area contributed by atoms with Gasteiger partial charge in [-0.15, -0.1) is 0 Å². The van der Waals surface area contributed by atoms with Crippen LogP contribution in [0.3, 0.4) is 0 Å². The first kappa shape index (κ1) is 28.2. The fraction of sp³-hybridized carbons (Fsp3) is 0.130. The van der Waals surface area contributed by atoms with Crippen molar-refractivity contribution in [1.82, 2.24) is 14.5 Å². The molecule has 2 heterocycles. The summed E-state index contributed by atoms with van der Waals surface area (Å²) in [5, 5.41) is 2.58. The summed E-state index contributed by atoms with van der Waals surface area (Å²) in [6.45, 7) is 9.30. The molecule has 10 rings (SSSR count). The van der Waals surface area contributed by atoms with Crippen LogP contribution < -0.4 is 0 Å². The summed E-state index contributed by atoms with van der Waals surface area (Å²) in [7, 11) is 0. The maximum absolute atomic E-state index is 5.38. The number of nitrogens with zero attached hydrogens (tertiary/aromatic N) is 3. The van der Waals surface area contributed by atoms with Gasteiger partial charge in [0.15, 0.2) is 5.82 Å². The number of rotatable bonds is 3. The van der Waals surface area contributed by atoms with E-state index in [9.17, 15) is 0 Å². The summed E-state index contributed by atoms with van der Waals surface area (Å²) >= 11 is 0. The van der Waals surface area contributed by atoms with E-state index < -0.39 is 0 Å². The highest BCUT2D eigenvalue weighted by molar-refractivity contribution is 6.17. The molecule has 0 aliphatic heterocycles. The monoisotopic (exact) mass is 629 g/mol. The van der Waals surface area contributed by atoms with E-state index >= 15 is 0 Å². The van der Waals surface area contributed by atoms with Gasteiger partial charge in [0, 0.05) is 49.5 Å². The Labute approximate surface area is 286 Å². The molecule has 3 nitrogen and oxygen atoms in total. The smallest absolute Gasteiger partial charge is 0.160 e. The first-order chi connectivity index (χ1) is 23.8. The Morgan fingerprint density at radius 1 is 0.490 bits per heavy atom. The van der Waals surface area contributed by atoms with Crippen molar-refractivity contribution >= 4 is 21.8 Å². The molecule has 3 heteroatoms. The Morgan fingerprint density at radius 3 is 1.96 bits per heavy atom. The van der Waals surface area contributed by atoms with Gasteiger partial charge in [0.05, 0.1) is 22.4 Å². The number of benzene rings is 6. The molecule has 2 aromatic heterocycles. The van der Waals surface area contributed by atoms with Crippen LogP contribution >= 0.6 is 0 Å². The lowest BCUT2D eigenvalue weighted by molar-refractivity contribution is 0.658. The minimum absolute atomic E-state index is 0.0577. The molecule has 8 aromatic rings. The highest BCUT2D eigenvalue weighted by Crippen LogP contribution is 2.54. The largest absolute Gasteiger partial charge is 0.309 e. The minimum atomic E-state index is -0.214. The van der Waals surface area contributed by atoms with E-state index in [-0.39, 0.29) is 10.8 Å². The predicted octanol–water partition coefficient (Wildman–Crippen LogP) is 11.5. The lowest BCUT2D eigenvalue weighted by Crippen LogP contribution is -2.17. The topological polar surface area (TPSA) is 30.7 Å². The maximum atomic E-state index is 5.38. The molecule has 2 aliphatic rings. The third-order valence-electron chi connectivity index (χ3n) is 11.2. The first-order valence-electron chi connectivity index (χ1n) is 17.2. The Bertz CT molecular complexity index is 2660. The molecule has 0 saturated carbocycles. The molecule has 0 bridgehead atoms. The van der Waals surface area contributed by atoms with Crippen molar-refractivity contribution in [2.75, 3.05) is 0 Å². The van der Waals surface area contributed by atoms with Crippen LogP contribution in [0.1, 0.15) is 49.9 Å². The van der Waals surface area contributed by atoms with Gasteiger partial charge in [-0.2, -0.15) is 0 Å². The molecule has 0 saturated heterocycles. The zero-order valence-corrected chi connectivity index (χ0v) is 28.1. The first-order valence-corrected chi connectivity index (χ1v) is 17.2. The zero-order valence-electron chi connectivity index (χ0n) is 28.1. The average Bonchev–Trinajstić information content (AvgIpc) is 3.69. The molecule has 0 N–H and O–H groups in total. The fourth-order valence-electron chi connectivity index (χ4n) is 8.87. The maximum Gasteiger partial charge on any atom is 0.160 e. The Morgan fingerprint density at radius 2 is 1.14 bits per heavy atom. The third kappa shape index (κ3) is 3.79. The van der Waals surface area contributed by atoms with E-state index in [1.165, 1.54) is 60.8 Å². The van der Waals surface area contributed by atoms with E-state index in [0.29, 0.717) is 0 Å². The number of fused-ring (bicyclic) bond motifs is 10. The minimum Gasteiger partial charge on any atom is -0.309 e. The average molecular weight is 630 g/mol. The Hall–Kier alpha value is -5.80. The molecule has 0 unspecified atom stereocenters. The van der Waals surface area contributed by atoms with Crippen LogP contribution in [-0.4, -0.2) is 14.5 Å². The molecule has 6 aromatic carbocycles. The lowest BCUT2D eigenvalue weighted by Gasteiger charge is -2.23. The van der Waals surface area contributed by atoms with Crippen molar-refractivity contribution in [1.29, 1.82) is 0 Å². The van der Waals surface area contributed by atoms with Crippen molar-refractivity contribution in [2.24, 2.45) is 0 Å². The number of hydrogen-bond acceptors (Lipinski definition) is 2. The van der Waals surface area contributed by atoms with Crippen LogP contribution in [0.2, 0.25) is 0 Å². The second-order valence-corrected chi connectivity index (χ2v) is 14.6. The van der Waals surface area contributed by atoms with Crippen LogP contribution in [0.15, 0.2) is 140 Å². The summed E-state index contributed by atoms with van der Waals surface area (Å²) in [6.07, 6.45) is 0. The quantitative estimate of drug-likeness (QED) is 0.195. The molecular weight excluding hydrogens is 595 g/mol. The van der Waals surface area contributed by atoms with Gasteiger partial charge in [0.2, 0.25) is 0 Å². The lowest BCUT2D eigenvalue weighted by atomic mass is 9.81. The van der Waals surface area contributed by atoms with Gasteiger partial charge in [-0.05, 0) is 52.1 Å². The Kier molecular flexibility index (Phi) is 5.69. The van der Waals surface area contributed by atoms with Gasteiger partial charge in [-0.3, -0.25) is 0 Å². The highest BCUT2D eigenvalue weighted by atomic mass is 15.0. The number of hydrogen-bond donors (Lipinski definition) is 0. The molecule has 0 atom stereocenters. The van der Waals surface area contributed by atoms with E-state index in [1.54, 1.807) is 0 Å². The predicted molar refractivity (Wildman–Crippen MR) is 202 cm³/mol. The van der Waals surface area contributed by atoms with Gasteiger partial charge in [0.1, 0.15) is 0 Å². The molecule has 0 amide bonds. The molecule has 234 valence electrons. The second kappa shape index (κ2) is 9.87. The molecule has 2 aliphatic carbocycles.